The Bertz CT molecular complexity index is 3530. The predicted octanol–water partition coefficient (Wildman–Crippen LogP) is 13.4. The Labute approximate surface area is 325 Å². The smallest absolute Gasteiger partial charge is 0.166 e. The van der Waals surface area contributed by atoms with E-state index in [2.05, 4.69) is 126 Å². The van der Waals surface area contributed by atoms with E-state index in [-0.39, 0.29) is 0 Å². The molecule has 6 nitrogen and oxygen atoms in total. The number of nitrogens with zero attached hydrogens (tertiary/aromatic N) is 4. The van der Waals surface area contributed by atoms with Gasteiger partial charge in [-0.15, -0.1) is 0 Å². The molecular formula is C51H30N4O2. The summed E-state index contributed by atoms with van der Waals surface area (Å²) in [6.45, 7) is 0. The van der Waals surface area contributed by atoms with Crippen LogP contribution in [0.4, 0.5) is 0 Å². The molecule has 8 aromatic carbocycles. The summed E-state index contributed by atoms with van der Waals surface area (Å²) in [5.41, 5.74) is 11.2. The zero-order chi connectivity index (χ0) is 37.5. The van der Waals surface area contributed by atoms with Crippen molar-refractivity contribution in [2.75, 3.05) is 0 Å². The van der Waals surface area contributed by atoms with Gasteiger partial charge in [-0.25, -0.2) is 15.0 Å². The van der Waals surface area contributed by atoms with Crippen LogP contribution in [0.3, 0.4) is 0 Å². The number of furan rings is 2. The van der Waals surface area contributed by atoms with E-state index in [1.54, 1.807) is 0 Å². The molecule has 0 radical (unpaired) electrons. The molecule has 12 aromatic rings. The van der Waals surface area contributed by atoms with Gasteiger partial charge in [-0.3, -0.25) is 0 Å². The lowest BCUT2D eigenvalue weighted by Gasteiger charge is -2.13. The van der Waals surface area contributed by atoms with E-state index < -0.39 is 0 Å². The minimum atomic E-state index is 0.564. The maximum Gasteiger partial charge on any atom is 0.166 e. The lowest BCUT2D eigenvalue weighted by molar-refractivity contribution is 0.666. The van der Waals surface area contributed by atoms with Crippen molar-refractivity contribution < 1.29 is 8.83 Å². The Hall–Kier alpha value is -7.83. The van der Waals surface area contributed by atoms with Gasteiger partial charge in [0.15, 0.2) is 23.1 Å². The third-order valence-corrected chi connectivity index (χ3v) is 11.1. The fourth-order valence-electron chi connectivity index (χ4n) is 8.43. The third kappa shape index (κ3) is 4.94. The second-order valence-corrected chi connectivity index (χ2v) is 14.4. The first-order valence-corrected chi connectivity index (χ1v) is 19.0. The van der Waals surface area contributed by atoms with E-state index in [0.717, 1.165) is 99.2 Å². The minimum absolute atomic E-state index is 0.564. The average molecular weight is 731 g/mol. The minimum Gasteiger partial charge on any atom is -0.456 e. The standard InChI is InChI=1S/C51H30N4O2/c1-3-13-31(14-4-1)33-25-27-38-40-20-12-23-43(48(40)57-46(38)29-33)55-42-22-9-7-17-35(42)39-19-11-21-41(47(39)55)51-53-49(32-15-5-2-6-16-32)52-50(54-51)34-26-28-37-36-18-8-10-24-44(36)56-45(37)30-34/h1-30H. The summed E-state index contributed by atoms with van der Waals surface area (Å²) in [5, 5.41) is 6.48. The molecule has 0 amide bonds. The molecule has 0 bridgehead atoms. The van der Waals surface area contributed by atoms with Gasteiger partial charge in [-0.2, -0.15) is 0 Å². The van der Waals surface area contributed by atoms with Crippen LogP contribution in [0.2, 0.25) is 0 Å². The van der Waals surface area contributed by atoms with Gasteiger partial charge in [0.1, 0.15) is 16.7 Å². The first kappa shape index (κ1) is 31.5. The van der Waals surface area contributed by atoms with E-state index in [4.69, 9.17) is 23.8 Å². The van der Waals surface area contributed by atoms with Gasteiger partial charge >= 0.3 is 0 Å². The Morgan fingerprint density at radius 3 is 1.77 bits per heavy atom. The summed E-state index contributed by atoms with van der Waals surface area (Å²) >= 11 is 0. The molecule has 0 N–H and O–H groups in total. The van der Waals surface area contributed by atoms with Crippen LogP contribution in [-0.2, 0) is 0 Å². The number of hydrogen-bond donors (Lipinski definition) is 0. The van der Waals surface area contributed by atoms with Crippen molar-refractivity contribution in [1.29, 1.82) is 0 Å². The van der Waals surface area contributed by atoms with Gasteiger partial charge < -0.3 is 13.4 Å². The van der Waals surface area contributed by atoms with E-state index in [9.17, 15) is 0 Å². The van der Waals surface area contributed by atoms with Crippen LogP contribution in [0.25, 0.3) is 117 Å². The number of fused-ring (bicyclic) bond motifs is 9. The van der Waals surface area contributed by atoms with Crippen LogP contribution in [0.5, 0.6) is 0 Å². The Morgan fingerprint density at radius 1 is 0.351 bits per heavy atom. The first-order valence-electron chi connectivity index (χ1n) is 19.0. The van der Waals surface area contributed by atoms with Crippen LogP contribution in [0.1, 0.15) is 0 Å². The Kier molecular flexibility index (Phi) is 6.83. The lowest BCUT2D eigenvalue weighted by atomic mass is 10.0. The summed E-state index contributed by atoms with van der Waals surface area (Å²) < 4.78 is 15.5. The molecule has 0 aliphatic carbocycles. The lowest BCUT2D eigenvalue weighted by Crippen LogP contribution is -2.02. The predicted molar refractivity (Wildman–Crippen MR) is 230 cm³/mol. The highest BCUT2D eigenvalue weighted by molar-refractivity contribution is 6.16. The molecule has 0 saturated carbocycles. The van der Waals surface area contributed by atoms with Crippen LogP contribution < -0.4 is 0 Å². The van der Waals surface area contributed by atoms with Crippen molar-refractivity contribution in [3.8, 4) is 51.0 Å². The molecule has 0 atom stereocenters. The second-order valence-electron chi connectivity index (χ2n) is 14.4. The molecule has 57 heavy (non-hydrogen) atoms. The number of aromatic nitrogens is 4. The van der Waals surface area contributed by atoms with E-state index >= 15 is 0 Å². The van der Waals surface area contributed by atoms with Crippen molar-refractivity contribution in [1.82, 2.24) is 19.5 Å². The van der Waals surface area contributed by atoms with Crippen molar-refractivity contribution in [3.63, 3.8) is 0 Å². The molecule has 4 heterocycles. The van der Waals surface area contributed by atoms with Crippen molar-refractivity contribution in [2.24, 2.45) is 0 Å². The number of rotatable bonds is 5. The SMILES string of the molecule is c1ccc(-c2ccc3c(c2)oc2c(-n4c5ccccc5c5cccc(-c6nc(-c7ccccc7)nc(-c7ccc8c(c7)oc7ccccc78)n6)c54)cccc23)cc1. The van der Waals surface area contributed by atoms with Gasteiger partial charge in [-0.1, -0.05) is 133 Å². The summed E-state index contributed by atoms with van der Waals surface area (Å²) in [5.74, 6) is 1.73. The fourth-order valence-corrected chi connectivity index (χ4v) is 8.43. The molecule has 0 fully saturated rings. The molecule has 0 spiro atoms. The highest BCUT2D eigenvalue weighted by atomic mass is 16.3. The fraction of sp³-hybridized carbons (Fsp3) is 0. The van der Waals surface area contributed by atoms with Crippen molar-refractivity contribution in [3.05, 3.63) is 182 Å². The molecule has 0 unspecified atom stereocenters. The maximum absolute atomic E-state index is 6.85. The Balaban J connectivity index is 1.11. The topological polar surface area (TPSA) is 69.9 Å². The number of hydrogen-bond acceptors (Lipinski definition) is 5. The molecule has 0 aliphatic heterocycles. The zero-order valence-electron chi connectivity index (χ0n) is 30.4. The quantitative estimate of drug-likeness (QED) is 0.176. The molecular weight excluding hydrogens is 701 g/mol. The molecule has 0 aliphatic rings. The van der Waals surface area contributed by atoms with Crippen molar-refractivity contribution in [2.45, 2.75) is 0 Å². The van der Waals surface area contributed by atoms with Crippen LogP contribution in [0, 0.1) is 0 Å². The van der Waals surface area contributed by atoms with E-state index in [0.29, 0.717) is 17.5 Å². The van der Waals surface area contributed by atoms with Crippen molar-refractivity contribution >= 4 is 65.7 Å². The van der Waals surface area contributed by atoms with Crippen LogP contribution >= 0.6 is 0 Å². The Morgan fingerprint density at radius 2 is 0.930 bits per heavy atom. The summed E-state index contributed by atoms with van der Waals surface area (Å²) in [4.78, 5) is 15.5. The van der Waals surface area contributed by atoms with Gasteiger partial charge in [-0.05, 0) is 59.7 Å². The third-order valence-electron chi connectivity index (χ3n) is 11.1. The van der Waals surface area contributed by atoms with E-state index in [1.165, 1.54) is 0 Å². The highest BCUT2D eigenvalue weighted by Crippen LogP contribution is 2.42. The van der Waals surface area contributed by atoms with Gasteiger partial charge in [0.05, 0.1) is 16.7 Å². The second kappa shape index (κ2) is 12.3. The first-order chi connectivity index (χ1) is 28.2. The normalized spacial score (nSPS) is 11.9. The summed E-state index contributed by atoms with van der Waals surface area (Å²) in [6.07, 6.45) is 0. The molecule has 0 saturated heterocycles. The molecule has 12 rings (SSSR count). The molecule has 266 valence electrons. The average Bonchev–Trinajstić information content (AvgIpc) is 3.96. The molecule has 4 aromatic heterocycles. The molecule has 6 heteroatoms. The largest absolute Gasteiger partial charge is 0.456 e. The maximum atomic E-state index is 6.85. The number of benzene rings is 8. The summed E-state index contributed by atoms with van der Waals surface area (Å²) in [6, 6.07) is 62.6. The van der Waals surface area contributed by atoms with Crippen LogP contribution in [0.15, 0.2) is 191 Å². The van der Waals surface area contributed by atoms with Gasteiger partial charge in [0, 0.05) is 49.0 Å². The van der Waals surface area contributed by atoms with Gasteiger partial charge in [0.2, 0.25) is 0 Å². The number of para-hydroxylation sites is 4. The highest BCUT2D eigenvalue weighted by Gasteiger charge is 2.23. The monoisotopic (exact) mass is 730 g/mol. The van der Waals surface area contributed by atoms with Gasteiger partial charge in [0.25, 0.3) is 0 Å². The van der Waals surface area contributed by atoms with Crippen LogP contribution in [-0.4, -0.2) is 19.5 Å². The zero-order valence-corrected chi connectivity index (χ0v) is 30.4. The summed E-state index contributed by atoms with van der Waals surface area (Å²) in [7, 11) is 0. The van der Waals surface area contributed by atoms with E-state index in [1.807, 2.05) is 60.7 Å².